The summed E-state index contributed by atoms with van der Waals surface area (Å²) in [5.41, 5.74) is 7.29. The van der Waals surface area contributed by atoms with E-state index in [1.807, 2.05) is 18.2 Å². The third-order valence-electron chi connectivity index (χ3n) is 3.00. The molecular formula is C12H21NO2Si. The van der Waals surface area contributed by atoms with Crippen LogP contribution in [0.1, 0.15) is 18.0 Å². The minimum Gasteiger partial charge on any atom is -0.398 e. The monoisotopic (exact) mass is 239 g/mol. The summed E-state index contributed by atoms with van der Waals surface area (Å²) in [5.74, 6) is 0. The van der Waals surface area contributed by atoms with Gasteiger partial charge in [-0.25, -0.2) is 0 Å². The Balaban J connectivity index is 2.50. The Morgan fingerprint density at radius 1 is 1.19 bits per heavy atom. The Hall–Kier alpha value is -0.683. The maximum atomic E-state index is 6.12. The van der Waals surface area contributed by atoms with E-state index in [1.54, 1.807) is 14.2 Å². The van der Waals surface area contributed by atoms with E-state index in [1.165, 1.54) is 5.56 Å². The highest BCUT2D eigenvalue weighted by Gasteiger charge is 2.29. The summed E-state index contributed by atoms with van der Waals surface area (Å²) in [6.07, 6.45) is 0.897. The molecule has 2 N–H and O–H groups in total. The second-order valence-corrected chi connectivity index (χ2v) is 7.68. The Morgan fingerprint density at radius 3 is 2.25 bits per heavy atom. The highest BCUT2D eigenvalue weighted by atomic mass is 28.4. The average Bonchev–Trinajstić information content (AvgIpc) is 2.36. The van der Waals surface area contributed by atoms with Gasteiger partial charge in [0.2, 0.25) is 0 Å². The Morgan fingerprint density at radius 2 is 1.75 bits per heavy atom. The molecule has 4 heteroatoms. The largest absolute Gasteiger partial charge is 0.398 e. The van der Waals surface area contributed by atoms with Crippen molar-refractivity contribution in [3.63, 3.8) is 0 Å². The lowest BCUT2D eigenvalue weighted by atomic mass is 10.1. The van der Waals surface area contributed by atoms with Crippen molar-refractivity contribution in [3.05, 3.63) is 35.9 Å². The lowest BCUT2D eigenvalue weighted by molar-refractivity contribution is 0.247. The molecule has 1 aromatic rings. The molecular weight excluding hydrogens is 218 g/mol. The van der Waals surface area contributed by atoms with Crippen molar-refractivity contribution in [2.45, 2.75) is 25.1 Å². The van der Waals surface area contributed by atoms with Crippen LogP contribution >= 0.6 is 0 Å². The smallest absolute Gasteiger partial charge is 0.334 e. The van der Waals surface area contributed by atoms with Crippen LogP contribution in [0.3, 0.4) is 0 Å². The van der Waals surface area contributed by atoms with Crippen LogP contribution in [0.15, 0.2) is 30.3 Å². The van der Waals surface area contributed by atoms with Crippen molar-refractivity contribution in [3.8, 4) is 0 Å². The molecule has 0 aromatic heterocycles. The molecule has 1 atom stereocenters. The zero-order valence-electron chi connectivity index (χ0n) is 10.3. The Bertz CT molecular complexity index is 301. The van der Waals surface area contributed by atoms with Crippen molar-refractivity contribution >= 4 is 8.56 Å². The first-order chi connectivity index (χ1) is 7.61. The van der Waals surface area contributed by atoms with Gasteiger partial charge in [0, 0.05) is 20.3 Å². The second kappa shape index (κ2) is 6.15. The van der Waals surface area contributed by atoms with Gasteiger partial charge < -0.3 is 14.6 Å². The van der Waals surface area contributed by atoms with Gasteiger partial charge in [0.25, 0.3) is 0 Å². The molecule has 0 bridgehead atoms. The average molecular weight is 239 g/mol. The van der Waals surface area contributed by atoms with Crippen LogP contribution in [-0.2, 0) is 8.85 Å². The summed E-state index contributed by atoms with van der Waals surface area (Å²) in [6, 6.07) is 11.1. The molecule has 3 nitrogen and oxygen atoms in total. The van der Waals surface area contributed by atoms with Crippen molar-refractivity contribution < 1.29 is 8.85 Å². The SMILES string of the molecule is CO[Si](C)(CCC(N)c1ccccc1)OC. The molecule has 1 rings (SSSR count). The van der Waals surface area contributed by atoms with E-state index in [0.717, 1.165) is 12.5 Å². The molecule has 0 aliphatic carbocycles. The van der Waals surface area contributed by atoms with Crippen molar-refractivity contribution in [2.75, 3.05) is 14.2 Å². The van der Waals surface area contributed by atoms with Crippen molar-refractivity contribution in [2.24, 2.45) is 5.73 Å². The molecule has 0 fully saturated rings. The third kappa shape index (κ3) is 3.72. The van der Waals surface area contributed by atoms with E-state index >= 15 is 0 Å². The van der Waals surface area contributed by atoms with Crippen LogP contribution < -0.4 is 5.73 Å². The molecule has 0 aliphatic rings. The van der Waals surface area contributed by atoms with Gasteiger partial charge in [-0.1, -0.05) is 30.3 Å². The topological polar surface area (TPSA) is 44.5 Å². The summed E-state index contributed by atoms with van der Waals surface area (Å²) < 4.78 is 10.9. The number of hydrogen-bond acceptors (Lipinski definition) is 3. The standard InChI is InChI=1S/C12H21NO2Si/c1-14-16(3,15-2)10-9-12(13)11-7-5-4-6-8-11/h4-8,12H,9-10,13H2,1-3H3. The summed E-state index contributed by atoms with van der Waals surface area (Å²) in [7, 11) is 1.45. The quantitative estimate of drug-likeness (QED) is 0.776. The molecule has 0 radical (unpaired) electrons. The van der Waals surface area contributed by atoms with Gasteiger partial charge >= 0.3 is 8.56 Å². The van der Waals surface area contributed by atoms with Crippen LogP contribution in [0.25, 0.3) is 0 Å². The predicted octanol–water partition coefficient (Wildman–Crippen LogP) is 2.44. The molecule has 1 aromatic carbocycles. The van der Waals surface area contributed by atoms with Gasteiger partial charge in [0.05, 0.1) is 0 Å². The zero-order valence-corrected chi connectivity index (χ0v) is 11.3. The fourth-order valence-corrected chi connectivity index (χ4v) is 2.98. The summed E-state index contributed by atoms with van der Waals surface area (Å²) in [6.45, 7) is 2.06. The summed E-state index contributed by atoms with van der Waals surface area (Å²) in [4.78, 5) is 0. The molecule has 0 amide bonds. The Kier molecular flexibility index (Phi) is 5.14. The highest BCUT2D eigenvalue weighted by molar-refractivity contribution is 6.65. The van der Waals surface area contributed by atoms with E-state index in [9.17, 15) is 0 Å². The van der Waals surface area contributed by atoms with Crippen LogP contribution in [0.5, 0.6) is 0 Å². The highest BCUT2D eigenvalue weighted by Crippen LogP contribution is 2.21. The fourth-order valence-electron chi connectivity index (χ4n) is 1.57. The lowest BCUT2D eigenvalue weighted by Crippen LogP contribution is -2.36. The van der Waals surface area contributed by atoms with E-state index in [2.05, 4.69) is 18.7 Å². The third-order valence-corrected chi connectivity index (χ3v) is 5.92. The fraction of sp³-hybridized carbons (Fsp3) is 0.500. The molecule has 1 unspecified atom stereocenters. The van der Waals surface area contributed by atoms with Gasteiger partial charge in [-0.2, -0.15) is 0 Å². The molecule has 90 valence electrons. The minimum absolute atomic E-state index is 0.0679. The molecule has 0 spiro atoms. The molecule has 0 saturated heterocycles. The van der Waals surface area contributed by atoms with E-state index in [-0.39, 0.29) is 6.04 Å². The first-order valence-corrected chi connectivity index (χ1v) is 8.04. The predicted molar refractivity (Wildman–Crippen MR) is 68.4 cm³/mol. The van der Waals surface area contributed by atoms with Crippen LogP contribution in [0, 0.1) is 0 Å². The van der Waals surface area contributed by atoms with Crippen LogP contribution in [0.2, 0.25) is 12.6 Å². The van der Waals surface area contributed by atoms with E-state index < -0.39 is 8.56 Å². The lowest BCUT2D eigenvalue weighted by Gasteiger charge is -2.24. The number of hydrogen-bond donors (Lipinski definition) is 1. The van der Waals surface area contributed by atoms with Gasteiger partial charge in [0.1, 0.15) is 0 Å². The maximum Gasteiger partial charge on any atom is 0.334 e. The molecule has 0 heterocycles. The van der Waals surface area contributed by atoms with E-state index in [0.29, 0.717) is 0 Å². The van der Waals surface area contributed by atoms with Gasteiger partial charge in [-0.15, -0.1) is 0 Å². The van der Waals surface area contributed by atoms with Gasteiger partial charge in [-0.05, 0) is 24.6 Å². The van der Waals surface area contributed by atoms with Gasteiger partial charge in [0.15, 0.2) is 0 Å². The van der Waals surface area contributed by atoms with Crippen molar-refractivity contribution in [1.29, 1.82) is 0 Å². The first kappa shape index (κ1) is 13.4. The minimum atomic E-state index is -1.97. The van der Waals surface area contributed by atoms with Crippen LogP contribution in [0.4, 0.5) is 0 Å². The summed E-state index contributed by atoms with van der Waals surface area (Å²) in [5, 5.41) is 0. The van der Waals surface area contributed by atoms with Crippen LogP contribution in [-0.4, -0.2) is 22.8 Å². The van der Waals surface area contributed by atoms with Crippen molar-refractivity contribution in [1.82, 2.24) is 0 Å². The van der Waals surface area contributed by atoms with Gasteiger partial charge in [-0.3, -0.25) is 0 Å². The first-order valence-electron chi connectivity index (χ1n) is 5.52. The Labute approximate surface area is 98.8 Å². The molecule has 0 aliphatic heterocycles. The normalized spacial score (nSPS) is 13.8. The molecule has 16 heavy (non-hydrogen) atoms. The number of nitrogens with two attached hydrogens (primary N) is 1. The summed E-state index contributed by atoms with van der Waals surface area (Å²) >= 11 is 0. The zero-order chi connectivity index (χ0) is 12.0. The number of rotatable bonds is 6. The second-order valence-electron chi connectivity index (χ2n) is 4.10. The number of benzene rings is 1. The molecule has 0 saturated carbocycles. The maximum absolute atomic E-state index is 6.12. The van der Waals surface area contributed by atoms with E-state index in [4.69, 9.17) is 14.6 Å².